The Morgan fingerprint density at radius 1 is 0.889 bits per heavy atom. The normalized spacial score (nSPS) is 21.4. The van der Waals surface area contributed by atoms with Gasteiger partial charge in [-0.3, -0.25) is 14.4 Å². The van der Waals surface area contributed by atoms with Gasteiger partial charge in [-0.05, 0) is 55.5 Å². The van der Waals surface area contributed by atoms with E-state index in [4.69, 9.17) is 19.1 Å². The fourth-order valence-electron chi connectivity index (χ4n) is 5.31. The Morgan fingerprint density at radius 2 is 1.56 bits per heavy atom. The largest absolute Gasteiger partial charge is 0.549 e. The summed E-state index contributed by atoms with van der Waals surface area (Å²) in [7, 11) is -2.67. The molecule has 0 radical (unpaired) electrons. The van der Waals surface area contributed by atoms with E-state index < -0.39 is 85.7 Å². The molecule has 4 atom stereocenters. The van der Waals surface area contributed by atoms with Crippen molar-refractivity contribution in [1.29, 1.82) is 0 Å². The monoisotopic (exact) mass is 627 g/mol. The average Bonchev–Trinajstić information content (AvgIpc) is 2.95. The molecule has 0 bridgehead atoms. The first-order chi connectivity index (χ1) is 21.4. The number of amides is 1. The fraction of sp³-hybridized carbons (Fsp3) is 0.407. The Morgan fingerprint density at radius 3 is 2.13 bits per heavy atom. The van der Waals surface area contributed by atoms with Crippen molar-refractivity contribution in [3.63, 3.8) is 0 Å². The quantitative estimate of drug-likeness (QED) is 0.151. The van der Waals surface area contributed by atoms with Crippen molar-refractivity contribution in [2.75, 3.05) is 5.32 Å². The summed E-state index contributed by atoms with van der Waals surface area (Å²) in [4.78, 5) is 63.8. The topological polar surface area (TPSA) is 251 Å². The number of benzene rings is 1. The minimum Gasteiger partial charge on any atom is -0.535 e. The van der Waals surface area contributed by atoms with Gasteiger partial charge < -0.3 is 50.0 Å². The molecule has 1 aromatic heterocycles. The molecule has 18 heteroatoms. The molecule has 0 saturated carbocycles. The van der Waals surface area contributed by atoms with Crippen LogP contribution in [0.5, 0.6) is 5.75 Å². The Hall–Kier alpha value is -4.67. The van der Waals surface area contributed by atoms with Gasteiger partial charge in [0, 0.05) is 6.20 Å². The van der Waals surface area contributed by atoms with Crippen molar-refractivity contribution in [2.45, 2.75) is 69.0 Å². The second-order valence-corrected chi connectivity index (χ2v) is 10.7. The number of nitrogens with zero attached hydrogens (tertiary/aromatic N) is 1. The van der Waals surface area contributed by atoms with E-state index in [-0.39, 0.29) is 37.0 Å². The third kappa shape index (κ3) is 9.17. The number of rotatable bonds is 13. The Labute approximate surface area is 257 Å². The lowest BCUT2D eigenvalue weighted by Crippen LogP contribution is -2.53. The first-order valence-corrected chi connectivity index (χ1v) is 14.1. The van der Waals surface area contributed by atoms with Crippen LogP contribution < -0.4 is 15.3 Å². The molecule has 45 heavy (non-hydrogen) atoms. The Kier molecular flexibility index (Phi) is 11.0. The molecule has 3 heterocycles. The SMILES string of the molecule is O=C(O)CC1CCC(NC(=O)Cc2cc(OB3OC(CC(=O)O)CCC3Nc3ccccn3)cc(C(=O)O)c2C(=O)O)B(O)O1. The molecular weight excluding hydrogens is 596 g/mol. The van der Waals surface area contributed by atoms with Crippen LogP contribution in [0.25, 0.3) is 0 Å². The van der Waals surface area contributed by atoms with E-state index in [9.17, 15) is 44.3 Å². The molecule has 2 aromatic rings. The molecule has 0 spiro atoms. The zero-order valence-electron chi connectivity index (χ0n) is 23.8. The summed E-state index contributed by atoms with van der Waals surface area (Å²) in [5.74, 6) is -7.33. The van der Waals surface area contributed by atoms with E-state index in [1.165, 1.54) is 6.07 Å². The highest BCUT2D eigenvalue weighted by Gasteiger charge is 2.41. The third-order valence-corrected chi connectivity index (χ3v) is 7.32. The van der Waals surface area contributed by atoms with Crippen LogP contribution in [0.2, 0.25) is 0 Å². The molecule has 7 N–H and O–H groups in total. The summed E-state index contributed by atoms with van der Waals surface area (Å²) >= 11 is 0. The molecule has 2 saturated heterocycles. The van der Waals surface area contributed by atoms with Gasteiger partial charge in [0.15, 0.2) is 0 Å². The smallest absolute Gasteiger partial charge is 0.535 e. The van der Waals surface area contributed by atoms with Crippen LogP contribution in [0.15, 0.2) is 36.5 Å². The first-order valence-electron chi connectivity index (χ1n) is 14.1. The van der Waals surface area contributed by atoms with Crippen LogP contribution in [0.4, 0.5) is 5.82 Å². The molecule has 1 amide bonds. The zero-order chi connectivity index (χ0) is 32.7. The minimum atomic E-state index is -1.61. The number of carboxylic acid groups (broad SMARTS) is 4. The molecule has 1 aromatic carbocycles. The molecule has 2 aliphatic heterocycles. The van der Waals surface area contributed by atoms with E-state index in [0.717, 1.165) is 6.07 Å². The van der Waals surface area contributed by atoms with Crippen molar-refractivity contribution in [1.82, 2.24) is 10.3 Å². The number of anilines is 1. The van der Waals surface area contributed by atoms with Gasteiger partial charge in [0.1, 0.15) is 11.6 Å². The summed E-state index contributed by atoms with van der Waals surface area (Å²) in [5.41, 5.74) is -1.52. The van der Waals surface area contributed by atoms with Crippen molar-refractivity contribution >= 4 is 49.8 Å². The number of carbonyl (C=O) groups excluding carboxylic acids is 1. The maximum absolute atomic E-state index is 13.0. The van der Waals surface area contributed by atoms with E-state index >= 15 is 0 Å². The maximum Gasteiger partial charge on any atom is 0.549 e. The predicted molar refractivity (Wildman–Crippen MR) is 155 cm³/mol. The fourth-order valence-corrected chi connectivity index (χ4v) is 5.31. The average molecular weight is 627 g/mol. The second kappa shape index (κ2) is 14.9. The van der Waals surface area contributed by atoms with E-state index in [2.05, 4.69) is 15.6 Å². The predicted octanol–water partition coefficient (Wildman–Crippen LogP) is 0.719. The number of carboxylic acids is 4. The van der Waals surface area contributed by atoms with Crippen LogP contribution in [0.1, 0.15) is 64.8 Å². The maximum atomic E-state index is 13.0. The number of aromatic nitrogens is 1. The summed E-state index contributed by atoms with van der Waals surface area (Å²) in [6.07, 6.45) is 0.00634. The highest BCUT2D eigenvalue weighted by molar-refractivity contribution is 6.48. The third-order valence-electron chi connectivity index (χ3n) is 7.32. The summed E-state index contributed by atoms with van der Waals surface area (Å²) in [6.45, 7) is 0. The lowest BCUT2D eigenvalue weighted by Gasteiger charge is -2.33. The van der Waals surface area contributed by atoms with Gasteiger partial charge in [-0.25, -0.2) is 14.6 Å². The van der Waals surface area contributed by atoms with Crippen LogP contribution in [0, 0.1) is 0 Å². The van der Waals surface area contributed by atoms with Crippen molar-refractivity contribution in [3.8, 4) is 5.75 Å². The molecule has 4 unspecified atom stereocenters. The van der Waals surface area contributed by atoms with Crippen LogP contribution >= 0.6 is 0 Å². The summed E-state index contributed by atoms with van der Waals surface area (Å²) in [6, 6.07) is 7.33. The van der Waals surface area contributed by atoms with Crippen molar-refractivity contribution in [3.05, 3.63) is 53.2 Å². The van der Waals surface area contributed by atoms with Gasteiger partial charge >= 0.3 is 38.1 Å². The van der Waals surface area contributed by atoms with Crippen LogP contribution in [-0.2, 0) is 30.1 Å². The molecule has 4 rings (SSSR count). The standard InChI is InChI=1S/C27H31B2N3O13/c33-22(32-19-6-4-15(12-23(34)35)43-28(19)42)10-14-9-17(11-18(26(38)39)25(14)27(40)41)45-29-20(31-21-3-1-2-8-30-21)7-5-16(44-29)13-24(36)37/h1-3,8-9,11,15-16,19-20,42H,4-7,10,12-13H2,(H,30,31)(H,32,33)(H,34,35)(H,36,37)(H,38,39)(H,40,41). The molecule has 2 fully saturated rings. The number of hydrogen-bond acceptors (Lipinski definition) is 11. The van der Waals surface area contributed by atoms with Gasteiger partial charge in [-0.2, -0.15) is 0 Å². The van der Waals surface area contributed by atoms with E-state index in [0.29, 0.717) is 18.7 Å². The molecule has 2 aliphatic rings. The Bertz CT molecular complexity index is 1430. The number of aromatic carboxylic acids is 2. The zero-order valence-corrected chi connectivity index (χ0v) is 23.8. The number of pyridine rings is 1. The van der Waals surface area contributed by atoms with Gasteiger partial charge in [-0.1, -0.05) is 6.07 Å². The second-order valence-electron chi connectivity index (χ2n) is 10.7. The summed E-state index contributed by atoms with van der Waals surface area (Å²) in [5, 5.41) is 53.9. The van der Waals surface area contributed by atoms with Crippen molar-refractivity contribution in [2.24, 2.45) is 0 Å². The number of nitrogens with one attached hydrogen (secondary N) is 2. The van der Waals surface area contributed by atoms with E-state index in [1.807, 2.05) is 0 Å². The van der Waals surface area contributed by atoms with E-state index in [1.54, 1.807) is 24.4 Å². The van der Waals surface area contributed by atoms with Gasteiger partial charge in [0.05, 0.1) is 54.5 Å². The lowest BCUT2D eigenvalue weighted by atomic mass is 9.71. The van der Waals surface area contributed by atoms with Gasteiger partial charge in [-0.15, -0.1) is 0 Å². The first kappa shape index (κ1) is 33.2. The highest BCUT2D eigenvalue weighted by atomic mass is 16.6. The van der Waals surface area contributed by atoms with Crippen LogP contribution in [0.3, 0.4) is 0 Å². The van der Waals surface area contributed by atoms with Gasteiger partial charge in [0.25, 0.3) is 0 Å². The molecular formula is C27H31B2N3O13. The number of hydrogen-bond donors (Lipinski definition) is 7. The lowest BCUT2D eigenvalue weighted by molar-refractivity contribution is -0.140. The van der Waals surface area contributed by atoms with Crippen molar-refractivity contribution < 1.29 is 63.4 Å². The molecule has 0 aliphatic carbocycles. The number of aliphatic carboxylic acids is 2. The molecule has 238 valence electrons. The molecule has 16 nitrogen and oxygen atoms in total. The summed E-state index contributed by atoms with van der Waals surface area (Å²) < 4.78 is 17.2. The van der Waals surface area contributed by atoms with Gasteiger partial charge in [0.2, 0.25) is 5.91 Å². The highest BCUT2D eigenvalue weighted by Crippen LogP contribution is 2.29. The number of carbonyl (C=O) groups is 5. The van der Waals surface area contributed by atoms with Crippen LogP contribution in [-0.4, -0.2) is 98.5 Å². The minimum absolute atomic E-state index is 0.147. The Balaban J connectivity index is 1.57.